The molecule has 0 aliphatic heterocycles. The van der Waals surface area contributed by atoms with E-state index in [0.717, 1.165) is 23.2 Å². The van der Waals surface area contributed by atoms with Gasteiger partial charge in [-0.2, -0.15) is 4.31 Å². The Hall–Kier alpha value is -2.72. The van der Waals surface area contributed by atoms with Crippen LogP contribution in [0.25, 0.3) is 0 Å². The van der Waals surface area contributed by atoms with Crippen molar-refractivity contribution in [2.75, 3.05) is 18.9 Å². The van der Waals surface area contributed by atoms with E-state index in [0.29, 0.717) is 0 Å². The van der Waals surface area contributed by atoms with Crippen LogP contribution in [0.5, 0.6) is 0 Å². The largest absolute Gasteiger partial charge is 0.438 e. The lowest BCUT2D eigenvalue weighted by Crippen LogP contribution is -2.39. The van der Waals surface area contributed by atoms with Crippen LogP contribution in [0.4, 0.5) is 10.1 Å². The molecule has 10 heteroatoms. The van der Waals surface area contributed by atoms with Gasteiger partial charge in [-0.25, -0.2) is 12.8 Å². The quantitative estimate of drug-likeness (QED) is 0.740. The molecule has 2 N–H and O–H groups in total. The van der Waals surface area contributed by atoms with E-state index in [1.54, 1.807) is 6.07 Å². The molecular weight excluding hydrogens is 377 g/mol. The van der Waals surface area contributed by atoms with Crippen LogP contribution in [-0.4, -0.2) is 44.2 Å². The number of sulfonamides is 1. The molecule has 1 fully saturated rings. The van der Waals surface area contributed by atoms with E-state index in [1.807, 2.05) is 0 Å². The number of halogens is 1. The van der Waals surface area contributed by atoms with Crippen LogP contribution < -0.4 is 10.6 Å². The number of benzene rings is 1. The number of rotatable bonds is 7. The third-order valence-corrected chi connectivity index (χ3v) is 5.58. The predicted octanol–water partition coefficient (Wildman–Crippen LogP) is 1.57. The Balaban J connectivity index is 1.68. The standard InChI is InChI=1S/C17H18FN3O5S/c1-21(10-15(22)19-11-6-7-11)27(24,25)16-9-8-14(26-16)17(23)20-13-5-3-2-4-12(13)18/h2-5,8-9,11H,6-7,10H2,1H3,(H,19,22)(H,20,23). The minimum Gasteiger partial charge on any atom is -0.438 e. The van der Waals surface area contributed by atoms with Crippen LogP contribution in [-0.2, 0) is 14.8 Å². The fourth-order valence-corrected chi connectivity index (χ4v) is 3.30. The first kappa shape index (κ1) is 19.1. The van der Waals surface area contributed by atoms with Gasteiger partial charge < -0.3 is 15.1 Å². The molecule has 1 aliphatic carbocycles. The van der Waals surface area contributed by atoms with Crippen molar-refractivity contribution in [3.8, 4) is 0 Å². The van der Waals surface area contributed by atoms with Crippen LogP contribution in [0.1, 0.15) is 23.4 Å². The molecule has 2 aromatic rings. The average molecular weight is 395 g/mol. The molecule has 1 aliphatic rings. The summed E-state index contributed by atoms with van der Waals surface area (Å²) in [4.78, 5) is 23.9. The molecule has 27 heavy (non-hydrogen) atoms. The van der Waals surface area contributed by atoms with Crippen LogP contribution in [0.3, 0.4) is 0 Å². The van der Waals surface area contributed by atoms with E-state index in [1.165, 1.54) is 31.3 Å². The molecule has 0 radical (unpaired) electrons. The van der Waals surface area contributed by atoms with E-state index < -0.39 is 32.7 Å². The summed E-state index contributed by atoms with van der Waals surface area (Å²) in [7, 11) is -2.85. The summed E-state index contributed by atoms with van der Waals surface area (Å²) < 4.78 is 44.5. The fourth-order valence-electron chi connectivity index (χ4n) is 2.27. The van der Waals surface area contributed by atoms with E-state index in [4.69, 9.17) is 4.42 Å². The van der Waals surface area contributed by atoms with Gasteiger partial charge in [-0.05, 0) is 37.1 Å². The highest BCUT2D eigenvalue weighted by atomic mass is 32.2. The Labute approximate surface area is 155 Å². The fraction of sp³-hybridized carbons (Fsp3) is 0.294. The molecule has 1 saturated carbocycles. The Bertz CT molecular complexity index is 968. The number of furan rings is 1. The Morgan fingerprint density at radius 3 is 2.59 bits per heavy atom. The number of para-hydroxylation sites is 1. The van der Waals surface area contributed by atoms with Gasteiger partial charge in [0.2, 0.25) is 11.0 Å². The molecule has 0 spiro atoms. The van der Waals surface area contributed by atoms with Gasteiger partial charge in [-0.1, -0.05) is 12.1 Å². The summed E-state index contributed by atoms with van der Waals surface area (Å²) in [6, 6.07) is 7.94. The highest BCUT2D eigenvalue weighted by Crippen LogP contribution is 2.21. The molecule has 1 heterocycles. The SMILES string of the molecule is CN(CC(=O)NC1CC1)S(=O)(=O)c1ccc(C(=O)Nc2ccccc2F)o1. The first-order chi connectivity index (χ1) is 12.8. The van der Waals surface area contributed by atoms with E-state index in [-0.39, 0.29) is 24.0 Å². The van der Waals surface area contributed by atoms with E-state index in [2.05, 4.69) is 10.6 Å². The highest BCUT2D eigenvalue weighted by Gasteiger charge is 2.29. The Kier molecular flexibility index (Phi) is 5.29. The summed E-state index contributed by atoms with van der Waals surface area (Å²) in [5.41, 5.74) is -0.0582. The number of likely N-dealkylation sites (N-methyl/N-ethyl adjacent to an activating group) is 1. The van der Waals surface area contributed by atoms with Crippen LogP contribution in [0.2, 0.25) is 0 Å². The monoisotopic (exact) mass is 395 g/mol. The second kappa shape index (κ2) is 7.49. The van der Waals surface area contributed by atoms with Crippen molar-refractivity contribution < 1.29 is 26.8 Å². The second-order valence-electron chi connectivity index (χ2n) is 6.16. The van der Waals surface area contributed by atoms with Crippen LogP contribution >= 0.6 is 0 Å². The van der Waals surface area contributed by atoms with Crippen molar-refractivity contribution in [2.45, 2.75) is 24.0 Å². The van der Waals surface area contributed by atoms with Crippen molar-refractivity contribution in [3.63, 3.8) is 0 Å². The average Bonchev–Trinajstić information content (AvgIpc) is 3.27. The molecule has 0 unspecified atom stereocenters. The molecule has 1 aromatic heterocycles. The maximum Gasteiger partial charge on any atom is 0.291 e. The molecule has 1 aromatic carbocycles. The number of anilines is 1. The third kappa shape index (κ3) is 4.52. The summed E-state index contributed by atoms with van der Waals surface area (Å²) in [5, 5.41) is 4.51. The summed E-state index contributed by atoms with van der Waals surface area (Å²) in [6.07, 6.45) is 1.78. The third-order valence-electron chi connectivity index (χ3n) is 3.90. The van der Waals surface area contributed by atoms with E-state index in [9.17, 15) is 22.4 Å². The Morgan fingerprint density at radius 1 is 1.22 bits per heavy atom. The number of hydrogen-bond acceptors (Lipinski definition) is 5. The topological polar surface area (TPSA) is 109 Å². The molecule has 0 bridgehead atoms. The van der Waals surface area contributed by atoms with Crippen molar-refractivity contribution in [2.24, 2.45) is 0 Å². The zero-order valence-corrected chi connectivity index (χ0v) is 15.3. The van der Waals surface area contributed by atoms with Gasteiger partial charge in [0.15, 0.2) is 5.76 Å². The molecule has 0 saturated heterocycles. The highest BCUT2D eigenvalue weighted by molar-refractivity contribution is 7.89. The van der Waals surface area contributed by atoms with Crippen molar-refractivity contribution in [1.29, 1.82) is 0 Å². The lowest BCUT2D eigenvalue weighted by atomic mass is 10.3. The van der Waals surface area contributed by atoms with Gasteiger partial charge in [-0.15, -0.1) is 0 Å². The molecule has 144 valence electrons. The van der Waals surface area contributed by atoms with Crippen LogP contribution in [0, 0.1) is 5.82 Å². The number of nitrogens with one attached hydrogen (secondary N) is 2. The predicted molar refractivity (Wildman–Crippen MR) is 94.0 cm³/mol. The second-order valence-corrected chi connectivity index (χ2v) is 8.13. The molecule has 3 rings (SSSR count). The first-order valence-corrected chi connectivity index (χ1v) is 9.63. The molecular formula is C17H18FN3O5S. The van der Waals surface area contributed by atoms with Gasteiger partial charge in [0, 0.05) is 13.1 Å². The van der Waals surface area contributed by atoms with Crippen molar-refractivity contribution in [1.82, 2.24) is 9.62 Å². The lowest BCUT2D eigenvalue weighted by Gasteiger charge is -2.14. The lowest BCUT2D eigenvalue weighted by molar-refractivity contribution is -0.121. The summed E-state index contributed by atoms with van der Waals surface area (Å²) >= 11 is 0. The zero-order valence-electron chi connectivity index (χ0n) is 14.4. The molecule has 0 atom stereocenters. The van der Waals surface area contributed by atoms with Crippen molar-refractivity contribution >= 4 is 27.5 Å². The maximum atomic E-state index is 13.6. The normalized spacial score (nSPS) is 14.2. The number of nitrogens with zero attached hydrogens (tertiary/aromatic N) is 1. The number of hydrogen-bond donors (Lipinski definition) is 2. The first-order valence-electron chi connectivity index (χ1n) is 8.19. The smallest absolute Gasteiger partial charge is 0.291 e. The zero-order chi connectivity index (χ0) is 19.6. The molecule has 8 nitrogen and oxygen atoms in total. The minimum atomic E-state index is -4.09. The molecule has 2 amide bonds. The van der Waals surface area contributed by atoms with Gasteiger partial charge >= 0.3 is 0 Å². The minimum absolute atomic E-state index is 0.0582. The van der Waals surface area contributed by atoms with Gasteiger partial charge in [-0.3, -0.25) is 9.59 Å². The van der Waals surface area contributed by atoms with Crippen LogP contribution in [0.15, 0.2) is 45.9 Å². The number of carbonyl (C=O) groups excluding carboxylic acids is 2. The number of carbonyl (C=O) groups is 2. The summed E-state index contributed by atoms with van der Waals surface area (Å²) in [6.45, 7) is -0.365. The van der Waals surface area contributed by atoms with Gasteiger partial charge in [0.25, 0.3) is 15.9 Å². The van der Waals surface area contributed by atoms with Crippen molar-refractivity contribution in [3.05, 3.63) is 48.0 Å². The van der Waals surface area contributed by atoms with Gasteiger partial charge in [0.1, 0.15) is 5.82 Å². The Morgan fingerprint density at radius 2 is 1.93 bits per heavy atom. The summed E-state index contributed by atoms with van der Waals surface area (Å²) in [5.74, 6) is -2.14. The number of amides is 2. The van der Waals surface area contributed by atoms with Gasteiger partial charge in [0.05, 0.1) is 12.2 Å². The van der Waals surface area contributed by atoms with E-state index >= 15 is 0 Å². The maximum absolute atomic E-state index is 13.6.